The van der Waals surface area contributed by atoms with Crippen molar-refractivity contribution in [1.29, 1.82) is 0 Å². The second kappa shape index (κ2) is 11.9. The van der Waals surface area contributed by atoms with Gasteiger partial charge in [0.2, 0.25) is 0 Å². The molecule has 4 aromatic carbocycles. The second-order valence-electron chi connectivity index (χ2n) is 10.4. The molecule has 0 radical (unpaired) electrons. The number of halogens is 2. The van der Waals surface area contributed by atoms with E-state index < -0.39 is 0 Å². The van der Waals surface area contributed by atoms with Crippen LogP contribution in [-0.4, -0.2) is 4.98 Å². The van der Waals surface area contributed by atoms with Gasteiger partial charge >= 0.3 is 0 Å². The highest BCUT2D eigenvalue weighted by Crippen LogP contribution is 2.35. The summed E-state index contributed by atoms with van der Waals surface area (Å²) in [6.07, 6.45) is 1.74. The Hall–Kier alpha value is -3.59. The molecule has 5 rings (SSSR count). The third kappa shape index (κ3) is 5.94. The van der Waals surface area contributed by atoms with E-state index in [1.165, 1.54) is 27.8 Å². The van der Waals surface area contributed by atoms with Crippen LogP contribution in [0.2, 0.25) is 10.0 Å². The Morgan fingerprint density at radius 1 is 0.600 bits per heavy atom. The van der Waals surface area contributed by atoms with Crippen LogP contribution in [-0.2, 0) is 12.8 Å². The smallest absolute Gasteiger partial charge is 0.0718 e. The van der Waals surface area contributed by atoms with Crippen LogP contribution in [0.4, 0.5) is 11.4 Å². The molecule has 5 aromatic rings. The first-order valence-corrected chi connectivity index (χ1v) is 14.6. The molecule has 0 spiro atoms. The summed E-state index contributed by atoms with van der Waals surface area (Å²) in [6.45, 7) is 10.7. The third-order valence-corrected chi connectivity index (χ3v) is 7.91. The number of rotatable bonds is 7. The summed E-state index contributed by atoms with van der Waals surface area (Å²) in [7, 11) is 0. The molecule has 40 heavy (non-hydrogen) atoms. The Kier molecular flexibility index (Phi) is 8.30. The Morgan fingerprint density at radius 3 is 1.57 bits per heavy atom. The van der Waals surface area contributed by atoms with Crippen LogP contribution in [0.1, 0.15) is 41.7 Å². The van der Waals surface area contributed by atoms with Gasteiger partial charge in [0.05, 0.1) is 11.4 Å². The van der Waals surface area contributed by atoms with Gasteiger partial charge in [0.1, 0.15) is 0 Å². The van der Waals surface area contributed by atoms with E-state index in [2.05, 4.69) is 101 Å². The first kappa shape index (κ1) is 28.0. The monoisotopic (exact) mass is 564 g/mol. The molecule has 1 heterocycles. The summed E-state index contributed by atoms with van der Waals surface area (Å²) < 4.78 is 0. The minimum Gasteiger partial charge on any atom is -0.355 e. The molecular formula is C36H34Cl2N2. The number of hydrogen-bond donors (Lipinski definition) is 1. The molecule has 2 nitrogen and oxygen atoms in total. The standard InChI is InChI=1S/C36H34Cl2N2/c1-6-25-18-29(37)10-14-32(25)34-20-28(21-35(40-34)33-15-11-30(38)19-26(33)7-2)27-8-12-31(13-9-27)39-36-23(4)16-22(3)17-24(36)5/h8-21,39H,6-7H2,1-5H3. The minimum absolute atomic E-state index is 0.741. The van der Waals surface area contributed by atoms with Crippen molar-refractivity contribution in [2.24, 2.45) is 0 Å². The van der Waals surface area contributed by atoms with E-state index in [-0.39, 0.29) is 0 Å². The summed E-state index contributed by atoms with van der Waals surface area (Å²) in [4.78, 5) is 5.18. The quantitative estimate of drug-likeness (QED) is 0.212. The molecule has 0 saturated heterocycles. The van der Waals surface area contributed by atoms with E-state index in [4.69, 9.17) is 28.2 Å². The number of aryl methyl sites for hydroxylation is 5. The minimum atomic E-state index is 0.741. The van der Waals surface area contributed by atoms with Crippen LogP contribution in [0.3, 0.4) is 0 Å². The molecule has 0 fully saturated rings. The lowest BCUT2D eigenvalue weighted by atomic mass is 9.95. The van der Waals surface area contributed by atoms with Gasteiger partial charge in [0, 0.05) is 32.5 Å². The summed E-state index contributed by atoms with van der Waals surface area (Å²) in [6, 6.07) is 29.6. The Bertz CT molecular complexity index is 1590. The zero-order chi connectivity index (χ0) is 28.4. The van der Waals surface area contributed by atoms with Crippen LogP contribution < -0.4 is 5.32 Å². The summed E-state index contributed by atoms with van der Waals surface area (Å²) in [5.74, 6) is 0. The SMILES string of the molecule is CCc1cc(Cl)ccc1-c1cc(-c2ccc(Nc3c(C)cc(C)cc3C)cc2)cc(-c2ccc(Cl)cc2CC)n1. The molecule has 1 aromatic heterocycles. The highest BCUT2D eigenvalue weighted by molar-refractivity contribution is 6.31. The molecule has 0 aliphatic heterocycles. The predicted octanol–water partition coefficient (Wildman–Crippen LogP) is 11.2. The number of nitrogens with one attached hydrogen (secondary N) is 1. The lowest BCUT2D eigenvalue weighted by molar-refractivity contribution is 1.13. The number of pyridine rings is 1. The number of nitrogens with zero attached hydrogens (tertiary/aromatic N) is 1. The van der Waals surface area contributed by atoms with Crippen LogP contribution in [0.5, 0.6) is 0 Å². The molecule has 0 amide bonds. The van der Waals surface area contributed by atoms with Crippen molar-refractivity contribution < 1.29 is 0 Å². The lowest BCUT2D eigenvalue weighted by Gasteiger charge is -2.16. The van der Waals surface area contributed by atoms with E-state index in [0.717, 1.165) is 67.9 Å². The highest BCUT2D eigenvalue weighted by atomic mass is 35.5. The Morgan fingerprint density at radius 2 is 1.10 bits per heavy atom. The van der Waals surface area contributed by atoms with Gasteiger partial charge in [0.15, 0.2) is 0 Å². The van der Waals surface area contributed by atoms with Crippen molar-refractivity contribution in [2.75, 3.05) is 5.32 Å². The Balaban J connectivity index is 1.60. The fraction of sp³-hybridized carbons (Fsp3) is 0.194. The van der Waals surface area contributed by atoms with Gasteiger partial charge in [0.25, 0.3) is 0 Å². The molecule has 0 bridgehead atoms. The molecule has 0 saturated carbocycles. The maximum Gasteiger partial charge on any atom is 0.0718 e. The first-order valence-electron chi connectivity index (χ1n) is 13.8. The Labute approximate surface area is 248 Å². The highest BCUT2D eigenvalue weighted by Gasteiger charge is 2.14. The average Bonchev–Trinajstić information content (AvgIpc) is 2.94. The van der Waals surface area contributed by atoms with E-state index in [1.807, 2.05) is 24.3 Å². The predicted molar refractivity (Wildman–Crippen MR) is 173 cm³/mol. The number of anilines is 2. The molecule has 0 unspecified atom stereocenters. The zero-order valence-corrected chi connectivity index (χ0v) is 25.2. The fourth-order valence-electron chi connectivity index (χ4n) is 5.45. The van der Waals surface area contributed by atoms with Gasteiger partial charge in [-0.15, -0.1) is 0 Å². The summed E-state index contributed by atoms with van der Waals surface area (Å²) in [5.41, 5.74) is 14.7. The molecule has 0 aliphatic rings. The van der Waals surface area contributed by atoms with E-state index in [9.17, 15) is 0 Å². The largest absolute Gasteiger partial charge is 0.355 e. The van der Waals surface area contributed by atoms with Crippen LogP contribution in [0.15, 0.2) is 84.9 Å². The molecule has 1 N–H and O–H groups in total. The molecule has 4 heteroatoms. The number of hydrogen-bond acceptors (Lipinski definition) is 2. The third-order valence-electron chi connectivity index (χ3n) is 7.44. The van der Waals surface area contributed by atoms with Crippen LogP contribution in [0, 0.1) is 20.8 Å². The van der Waals surface area contributed by atoms with E-state index in [0.29, 0.717) is 0 Å². The number of benzene rings is 4. The van der Waals surface area contributed by atoms with Gasteiger partial charge in [-0.1, -0.05) is 79.0 Å². The molecule has 0 aliphatic carbocycles. The van der Waals surface area contributed by atoms with Crippen molar-refractivity contribution in [3.8, 4) is 33.6 Å². The number of aromatic nitrogens is 1. The van der Waals surface area contributed by atoms with Gasteiger partial charge in [-0.05, 0) is 116 Å². The van der Waals surface area contributed by atoms with Crippen LogP contribution >= 0.6 is 23.2 Å². The van der Waals surface area contributed by atoms with E-state index >= 15 is 0 Å². The van der Waals surface area contributed by atoms with Crippen molar-refractivity contribution in [3.05, 3.63) is 123 Å². The van der Waals surface area contributed by atoms with Gasteiger partial charge in [-0.3, -0.25) is 0 Å². The summed E-state index contributed by atoms with van der Waals surface area (Å²) >= 11 is 12.7. The fourth-order valence-corrected chi connectivity index (χ4v) is 5.84. The summed E-state index contributed by atoms with van der Waals surface area (Å²) in [5, 5.41) is 5.11. The average molecular weight is 566 g/mol. The maximum absolute atomic E-state index is 6.35. The second-order valence-corrected chi connectivity index (χ2v) is 11.3. The van der Waals surface area contributed by atoms with Gasteiger partial charge < -0.3 is 5.32 Å². The van der Waals surface area contributed by atoms with Crippen molar-refractivity contribution in [1.82, 2.24) is 4.98 Å². The van der Waals surface area contributed by atoms with E-state index in [1.54, 1.807) is 0 Å². The van der Waals surface area contributed by atoms with Crippen LogP contribution in [0.25, 0.3) is 33.6 Å². The topological polar surface area (TPSA) is 24.9 Å². The van der Waals surface area contributed by atoms with Crippen molar-refractivity contribution in [2.45, 2.75) is 47.5 Å². The lowest BCUT2D eigenvalue weighted by Crippen LogP contribution is -1.98. The van der Waals surface area contributed by atoms with Gasteiger partial charge in [-0.2, -0.15) is 0 Å². The zero-order valence-electron chi connectivity index (χ0n) is 23.7. The maximum atomic E-state index is 6.35. The molecule has 202 valence electrons. The molecule has 0 atom stereocenters. The normalized spacial score (nSPS) is 11.1. The van der Waals surface area contributed by atoms with Crippen molar-refractivity contribution >= 4 is 34.6 Å². The van der Waals surface area contributed by atoms with Crippen molar-refractivity contribution in [3.63, 3.8) is 0 Å². The first-order chi connectivity index (χ1) is 19.2. The molecular weight excluding hydrogens is 531 g/mol. The van der Waals surface area contributed by atoms with Gasteiger partial charge in [-0.25, -0.2) is 4.98 Å².